The number of carbonyl (C=O) groups excluding carboxylic acids is 1. The molecule has 94 valence electrons. The van der Waals surface area contributed by atoms with E-state index in [1.165, 1.54) is 0 Å². The van der Waals surface area contributed by atoms with Gasteiger partial charge in [-0.05, 0) is 38.7 Å². The fourth-order valence-corrected chi connectivity index (χ4v) is 2.45. The van der Waals surface area contributed by atoms with Gasteiger partial charge in [-0.25, -0.2) is 0 Å². The van der Waals surface area contributed by atoms with Gasteiger partial charge in [-0.15, -0.1) is 0 Å². The summed E-state index contributed by atoms with van der Waals surface area (Å²) < 4.78 is 2.08. The van der Waals surface area contributed by atoms with Crippen molar-refractivity contribution >= 4 is 5.91 Å². The van der Waals surface area contributed by atoms with Crippen molar-refractivity contribution in [2.75, 3.05) is 13.1 Å². The van der Waals surface area contributed by atoms with E-state index in [1.54, 1.807) is 0 Å². The second kappa shape index (κ2) is 4.55. The molecule has 3 nitrogen and oxygen atoms in total. The van der Waals surface area contributed by atoms with Gasteiger partial charge >= 0.3 is 0 Å². The van der Waals surface area contributed by atoms with Gasteiger partial charge in [0, 0.05) is 31.5 Å². The molecule has 1 amide bonds. The van der Waals surface area contributed by atoms with Gasteiger partial charge in [-0.3, -0.25) is 4.79 Å². The summed E-state index contributed by atoms with van der Waals surface area (Å²) in [5, 5.41) is 0. The second-order valence-electron chi connectivity index (χ2n) is 5.32. The zero-order chi connectivity index (χ0) is 12.6. The van der Waals surface area contributed by atoms with Crippen molar-refractivity contribution in [2.45, 2.75) is 33.6 Å². The average molecular weight is 234 g/mol. The van der Waals surface area contributed by atoms with Crippen molar-refractivity contribution in [2.24, 2.45) is 13.0 Å². The molecule has 0 spiro atoms. The molecule has 1 aliphatic rings. The van der Waals surface area contributed by atoms with Crippen molar-refractivity contribution in [3.8, 4) is 0 Å². The van der Waals surface area contributed by atoms with Gasteiger partial charge in [0.1, 0.15) is 0 Å². The van der Waals surface area contributed by atoms with Gasteiger partial charge in [0.05, 0.1) is 5.56 Å². The number of hydrogen-bond donors (Lipinski definition) is 0. The fraction of sp³-hybridized carbons (Fsp3) is 0.643. The van der Waals surface area contributed by atoms with Crippen LogP contribution in [0, 0.1) is 19.8 Å². The molecule has 0 radical (unpaired) electrons. The predicted octanol–water partition coefficient (Wildman–Crippen LogP) is 2.51. The maximum atomic E-state index is 12.4. The molecule has 0 unspecified atom stereocenters. The Balaban J connectivity index is 2.17. The van der Waals surface area contributed by atoms with Crippen LogP contribution in [0.15, 0.2) is 6.07 Å². The van der Waals surface area contributed by atoms with Crippen LogP contribution < -0.4 is 0 Å². The highest BCUT2D eigenvalue weighted by Crippen LogP contribution is 2.21. The third-order valence-electron chi connectivity index (χ3n) is 4.08. The summed E-state index contributed by atoms with van der Waals surface area (Å²) in [6.07, 6.45) is 2.27. The van der Waals surface area contributed by atoms with Crippen molar-refractivity contribution < 1.29 is 4.79 Å². The van der Waals surface area contributed by atoms with Gasteiger partial charge in [0.2, 0.25) is 0 Å². The Morgan fingerprint density at radius 1 is 1.29 bits per heavy atom. The van der Waals surface area contributed by atoms with E-state index in [0.717, 1.165) is 48.8 Å². The highest BCUT2D eigenvalue weighted by molar-refractivity contribution is 5.95. The van der Waals surface area contributed by atoms with Gasteiger partial charge in [0.15, 0.2) is 0 Å². The first kappa shape index (κ1) is 12.2. The van der Waals surface area contributed by atoms with E-state index in [0.29, 0.717) is 0 Å². The number of piperidine rings is 1. The van der Waals surface area contributed by atoms with Crippen LogP contribution in [0.5, 0.6) is 0 Å². The second-order valence-corrected chi connectivity index (χ2v) is 5.32. The quantitative estimate of drug-likeness (QED) is 0.733. The van der Waals surface area contributed by atoms with Crippen LogP contribution in [0.2, 0.25) is 0 Å². The number of likely N-dealkylation sites (tertiary alicyclic amines) is 1. The Kier molecular flexibility index (Phi) is 3.27. The normalized spacial score (nSPS) is 17.5. The summed E-state index contributed by atoms with van der Waals surface area (Å²) >= 11 is 0. The van der Waals surface area contributed by atoms with Crippen LogP contribution in [-0.2, 0) is 7.05 Å². The number of aryl methyl sites for hydroxylation is 1. The highest BCUT2D eigenvalue weighted by atomic mass is 16.2. The van der Waals surface area contributed by atoms with E-state index in [9.17, 15) is 4.79 Å². The van der Waals surface area contributed by atoms with E-state index < -0.39 is 0 Å². The smallest absolute Gasteiger partial charge is 0.255 e. The van der Waals surface area contributed by atoms with E-state index in [4.69, 9.17) is 0 Å². The minimum absolute atomic E-state index is 0.207. The molecule has 3 heteroatoms. The molecule has 1 aromatic heterocycles. The van der Waals surface area contributed by atoms with Crippen LogP contribution in [0.1, 0.15) is 41.5 Å². The Labute approximate surface area is 103 Å². The standard InChI is InChI=1S/C14H22N2O/c1-10-5-7-16(8-6-10)14(17)13-9-11(2)15(4)12(13)3/h9-10H,5-8H2,1-4H3. The maximum absolute atomic E-state index is 12.4. The van der Waals surface area contributed by atoms with Crippen molar-refractivity contribution in [1.82, 2.24) is 9.47 Å². The first-order valence-electron chi connectivity index (χ1n) is 6.43. The molecule has 1 aromatic rings. The Bertz CT molecular complexity index is 426. The molecular formula is C14H22N2O. The lowest BCUT2D eigenvalue weighted by Crippen LogP contribution is -2.38. The Morgan fingerprint density at radius 2 is 1.88 bits per heavy atom. The van der Waals surface area contributed by atoms with Crippen LogP contribution in [0.25, 0.3) is 0 Å². The van der Waals surface area contributed by atoms with Gasteiger partial charge in [0.25, 0.3) is 5.91 Å². The summed E-state index contributed by atoms with van der Waals surface area (Å²) in [5.74, 6) is 0.968. The van der Waals surface area contributed by atoms with Crippen LogP contribution in [0.3, 0.4) is 0 Å². The van der Waals surface area contributed by atoms with Crippen LogP contribution >= 0.6 is 0 Å². The topological polar surface area (TPSA) is 25.2 Å². The lowest BCUT2D eigenvalue weighted by molar-refractivity contribution is 0.0696. The average Bonchev–Trinajstić information content (AvgIpc) is 2.57. The van der Waals surface area contributed by atoms with E-state index >= 15 is 0 Å². The molecule has 0 N–H and O–H groups in total. The predicted molar refractivity (Wildman–Crippen MR) is 69.2 cm³/mol. The summed E-state index contributed by atoms with van der Waals surface area (Å²) in [6, 6.07) is 2.01. The zero-order valence-corrected chi connectivity index (χ0v) is 11.3. The molecule has 0 aromatic carbocycles. The minimum atomic E-state index is 0.207. The lowest BCUT2D eigenvalue weighted by Gasteiger charge is -2.30. The lowest BCUT2D eigenvalue weighted by atomic mass is 9.98. The van der Waals surface area contributed by atoms with Crippen LogP contribution in [0.4, 0.5) is 0 Å². The molecule has 1 fully saturated rings. The van der Waals surface area contributed by atoms with Crippen LogP contribution in [-0.4, -0.2) is 28.5 Å². The number of rotatable bonds is 1. The largest absolute Gasteiger partial charge is 0.351 e. The molecule has 2 heterocycles. The zero-order valence-electron chi connectivity index (χ0n) is 11.3. The molecule has 2 rings (SSSR count). The highest BCUT2D eigenvalue weighted by Gasteiger charge is 2.23. The number of aromatic nitrogens is 1. The molecule has 1 aliphatic heterocycles. The van der Waals surface area contributed by atoms with Crippen molar-refractivity contribution in [1.29, 1.82) is 0 Å². The third kappa shape index (κ3) is 2.24. The van der Waals surface area contributed by atoms with E-state index in [1.807, 2.05) is 31.9 Å². The summed E-state index contributed by atoms with van der Waals surface area (Å²) in [6.45, 7) is 8.15. The molecular weight excluding hydrogens is 212 g/mol. The first-order chi connectivity index (χ1) is 8.00. The fourth-order valence-electron chi connectivity index (χ4n) is 2.45. The van der Waals surface area contributed by atoms with Crippen molar-refractivity contribution in [3.05, 3.63) is 23.0 Å². The number of nitrogens with zero attached hydrogens (tertiary/aromatic N) is 2. The molecule has 0 atom stereocenters. The molecule has 0 saturated carbocycles. The minimum Gasteiger partial charge on any atom is -0.351 e. The third-order valence-corrected chi connectivity index (χ3v) is 4.08. The maximum Gasteiger partial charge on any atom is 0.255 e. The number of hydrogen-bond acceptors (Lipinski definition) is 1. The molecule has 17 heavy (non-hydrogen) atoms. The number of carbonyl (C=O) groups is 1. The monoisotopic (exact) mass is 234 g/mol. The molecule has 1 saturated heterocycles. The number of amides is 1. The molecule has 0 aliphatic carbocycles. The summed E-state index contributed by atoms with van der Waals surface area (Å²) in [4.78, 5) is 14.4. The van der Waals surface area contributed by atoms with Crippen molar-refractivity contribution in [3.63, 3.8) is 0 Å². The SMILES string of the molecule is Cc1cc(C(=O)N2CCC(C)CC2)c(C)n1C. The van der Waals surface area contributed by atoms with E-state index in [2.05, 4.69) is 11.5 Å². The van der Waals surface area contributed by atoms with Gasteiger partial charge < -0.3 is 9.47 Å². The first-order valence-corrected chi connectivity index (χ1v) is 6.43. The Morgan fingerprint density at radius 3 is 2.35 bits per heavy atom. The summed E-state index contributed by atoms with van der Waals surface area (Å²) in [5.41, 5.74) is 3.10. The molecule has 0 bridgehead atoms. The van der Waals surface area contributed by atoms with Gasteiger partial charge in [-0.1, -0.05) is 6.92 Å². The Hall–Kier alpha value is -1.25. The van der Waals surface area contributed by atoms with E-state index in [-0.39, 0.29) is 5.91 Å². The summed E-state index contributed by atoms with van der Waals surface area (Å²) in [7, 11) is 2.01. The van der Waals surface area contributed by atoms with Gasteiger partial charge in [-0.2, -0.15) is 0 Å².